The van der Waals surface area contributed by atoms with Gasteiger partial charge in [-0.15, -0.1) is 0 Å². The molecule has 0 radical (unpaired) electrons. The maximum Gasteiger partial charge on any atom is 0.336 e. The summed E-state index contributed by atoms with van der Waals surface area (Å²) in [5.41, 5.74) is 1.56. The predicted octanol–water partition coefficient (Wildman–Crippen LogP) is 2.01. The quantitative estimate of drug-likeness (QED) is 0.766. The number of carboxylic acids is 1. The third-order valence-electron chi connectivity index (χ3n) is 2.57. The number of aliphatic carboxylic acids is 1. The van der Waals surface area contributed by atoms with E-state index in [0.717, 1.165) is 11.8 Å². The fraction of sp³-hybridized carbons (Fsp3) is 0.0769. The van der Waals surface area contributed by atoms with Gasteiger partial charge in [0.05, 0.1) is 11.5 Å². The maximum atomic E-state index is 11.1. The first-order chi connectivity index (χ1) is 7.74. The van der Waals surface area contributed by atoms with Crippen LogP contribution in [0, 0.1) is 0 Å². The molecule has 0 spiro atoms. The summed E-state index contributed by atoms with van der Waals surface area (Å²) in [6.07, 6.45) is 5.64. The lowest BCUT2D eigenvalue weighted by atomic mass is 9.93. The van der Waals surface area contributed by atoms with Gasteiger partial charge in [-0.3, -0.25) is 0 Å². The zero-order valence-electron chi connectivity index (χ0n) is 8.46. The highest BCUT2D eigenvalue weighted by Crippen LogP contribution is 2.28. The number of carbonyl (C=O) groups is 2. The van der Waals surface area contributed by atoms with Gasteiger partial charge in [0.1, 0.15) is 6.29 Å². The van der Waals surface area contributed by atoms with Crippen LogP contribution in [0.1, 0.15) is 17.0 Å². The van der Waals surface area contributed by atoms with Crippen molar-refractivity contribution in [2.75, 3.05) is 0 Å². The zero-order chi connectivity index (χ0) is 11.5. The lowest BCUT2D eigenvalue weighted by Gasteiger charge is -2.10. The van der Waals surface area contributed by atoms with E-state index < -0.39 is 5.97 Å². The van der Waals surface area contributed by atoms with Gasteiger partial charge >= 0.3 is 5.97 Å². The number of rotatable bonds is 2. The molecule has 0 fully saturated rings. The smallest absolute Gasteiger partial charge is 0.336 e. The molecule has 1 aromatic carbocycles. The van der Waals surface area contributed by atoms with Crippen LogP contribution in [0.15, 0.2) is 42.5 Å². The SMILES string of the molecule is O=CC1C=CC=C(C(=O)O)c2ccccc21. The van der Waals surface area contributed by atoms with Crippen LogP contribution in [-0.2, 0) is 9.59 Å². The molecule has 1 aliphatic rings. The molecular weight excluding hydrogens is 204 g/mol. The van der Waals surface area contributed by atoms with Gasteiger partial charge in [-0.2, -0.15) is 0 Å². The van der Waals surface area contributed by atoms with Crippen molar-refractivity contribution >= 4 is 17.8 Å². The van der Waals surface area contributed by atoms with Crippen molar-refractivity contribution in [3.63, 3.8) is 0 Å². The van der Waals surface area contributed by atoms with Crippen LogP contribution >= 0.6 is 0 Å². The Hall–Kier alpha value is -2.16. The lowest BCUT2D eigenvalue weighted by molar-refractivity contribution is -0.130. The molecule has 1 atom stereocenters. The Bertz CT molecular complexity index is 498. The van der Waals surface area contributed by atoms with Crippen LogP contribution in [0.25, 0.3) is 5.57 Å². The van der Waals surface area contributed by atoms with Crippen molar-refractivity contribution in [2.24, 2.45) is 0 Å². The van der Waals surface area contributed by atoms with Crippen LogP contribution in [-0.4, -0.2) is 17.4 Å². The van der Waals surface area contributed by atoms with Crippen molar-refractivity contribution < 1.29 is 14.7 Å². The fourth-order valence-corrected chi connectivity index (χ4v) is 1.80. The van der Waals surface area contributed by atoms with E-state index in [0.29, 0.717) is 5.56 Å². The number of aldehydes is 1. The molecule has 1 aliphatic carbocycles. The lowest BCUT2D eigenvalue weighted by Crippen LogP contribution is -2.04. The maximum absolute atomic E-state index is 11.1. The number of carboxylic acid groups (broad SMARTS) is 1. The molecular formula is C13H10O3. The zero-order valence-corrected chi connectivity index (χ0v) is 8.46. The Morgan fingerprint density at radius 1 is 1.31 bits per heavy atom. The summed E-state index contributed by atoms with van der Waals surface area (Å²) in [4.78, 5) is 22.0. The minimum Gasteiger partial charge on any atom is -0.478 e. The normalized spacial score (nSPS) is 18.2. The van der Waals surface area contributed by atoms with Gasteiger partial charge in [0.2, 0.25) is 0 Å². The molecule has 0 amide bonds. The Morgan fingerprint density at radius 3 is 2.75 bits per heavy atom. The molecule has 0 aromatic heterocycles. The minimum atomic E-state index is -0.983. The number of benzene rings is 1. The van der Waals surface area contributed by atoms with Gasteiger partial charge in [-0.1, -0.05) is 36.4 Å². The molecule has 80 valence electrons. The average Bonchev–Trinajstić information content (AvgIpc) is 2.47. The van der Waals surface area contributed by atoms with Gasteiger partial charge < -0.3 is 9.90 Å². The first kappa shape index (κ1) is 10.4. The third kappa shape index (κ3) is 1.67. The van der Waals surface area contributed by atoms with E-state index >= 15 is 0 Å². The Labute approximate surface area is 92.7 Å². The van der Waals surface area contributed by atoms with E-state index in [1.54, 1.807) is 36.4 Å². The second kappa shape index (κ2) is 4.14. The topological polar surface area (TPSA) is 54.4 Å². The molecule has 0 aliphatic heterocycles. The summed E-state index contributed by atoms with van der Waals surface area (Å²) < 4.78 is 0. The van der Waals surface area contributed by atoms with Crippen LogP contribution < -0.4 is 0 Å². The van der Waals surface area contributed by atoms with Gasteiger partial charge in [0.15, 0.2) is 0 Å². The molecule has 2 rings (SSSR count). The van der Waals surface area contributed by atoms with Crippen LogP contribution in [0.4, 0.5) is 0 Å². The summed E-state index contributed by atoms with van der Waals surface area (Å²) in [6.45, 7) is 0. The molecule has 0 heterocycles. The molecule has 3 nitrogen and oxygen atoms in total. The monoisotopic (exact) mass is 214 g/mol. The first-order valence-corrected chi connectivity index (χ1v) is 4.90. The van der Waals surface area contributed by atoms with Crippen molar-refractivity contribution in [2.45, 2.75) is 5.92 Å². The highest BCUT2D eigenvalue weighted by Gasteiger charge is 2.19. The molecule has 1 unspecified atom stereocenters. The molecule has 1 N–H and O–H groups in total. The number of allylic oxidation sites excluding steroid dienone is 3. The Kier molecular flexibility index (Phi) is 2.68. The van der Waals surface area contributed by atoms with E-state index in [4.69, 9.17) is 5.11 Å². The molecule has 1 aromatic rings. The minimum absolute atomic E-state index is 0.219. The van der Waals surface area contributed by atoms with Gasteiger partial charge in [0, 0.05) is 0 Å². The molecule has 0 saturated heterocycles. The van der Waals surface area contributed by atoms with E-state index in [1.807, 2.05) is 0 Å². The van der Waals surface area contributed by atoms with Gasteiger partial charge in [-0.05, 0) is 17.2 Å². The fourth-order valence-electron chi connectivity index (χ4n) is 1.80. The molecule has 0 bridgehead atoms. The molecule has 0 saturated carbocycles. The van der Waals surface area contributed by atoms with Crippen molar-refractivity contribution in [1.29, 1.82) is 0 Å². The van der Waals surface area contributed by atoms with E-state index in [-0.39, 0.29) is 11.5 Å². The molecule has 3 heteroatoms. The third-order valence-corrected chi connectivity index (χ3v) is 2.57. The highest BCUT2D eigenvalue weighted by atomic mass is 16.4. The Morgan fingerprint density at radius 2 is 2.06 bits per heavy atom. The average molecular weight is 214 g/mol. The number of carbonyl (C=O) groups excluding carboxylic acids is 1. The van der Waals surface area contributed by atoms with Crippen LogP contribution in [0.5, 0.6) is 0 Å². The van der Waals surface area contributed by atoms with Crippen molar-refractivity contribution in [3.05, 3.63) is 53.6 Å². The predicted molar refractivity (Wildman–Crippen MR) is 60.0 cm³/mol. The van der Waals surface area contributed by atoms with E-state index in [9.17, 15) is 9.59 Å². The van der Waals surface area contributed by atoms with E-state index in [2.05, 4.69) is 0 Å². The van der Waals surface area contributed by atoms with E-state index in [1.165, 1.54) is 6.08 Å². The van der Waals surface area contributed by atoms with Crippen molar-refractivity contribution in [1.82, 2.24) is 0 Å². The van der Waals surface area contributed by atoms with Crippen LogP contribution in [0.2, 0.25) is 0 Å². The summed E-state index contributed by atoms with van der Waals surface area (Å²) in [7, 11) is 0. The number of fused-ring (bicyclic) bond motifs is 1. The second-order valence-corrected chi connectivity index (χ2v) is 3.52. The number of hydrogen-bond donors (Lipinski definition) is 1. The van der Waals surface area contributed by atoms with Crippen molar-refractivity contribution in [3.8, 4) is 0 Å². The second-order valence-electron chi connectivity index (χ2n) is 3.52. The first-order valence-electron chi connectivity index (χ1n) is 4.90. The Balaban J connectivity index is 2.64. The standard InChI is InChI=1S/C13H10O3/c14-8-9-4-3-7-12(13(15)16)11-6-2-1-5-10(9)11/h1-9H,(H,15,16). The highest BCUT2D eigenvalue weighted by molar-refractivity contribution is 6.16. The summed E-state index contributed by atoms with van der Waals surface area (Å²) in [5, 5.41) is 9.08. The summed E-state index contributed by atoms with van der Waals surface area (Å²) >= 11 is 0. The molecule has 16 heavy (non-hydrogen) atoms. The summed E-state index contributed by atoms with van der Waals surface area (Å²) in [5.74, 6) is -1.35. The number of hydrogen-bond acceptors (Lipinski definition) is 2. The largest absolute Gasteiger partial charge is 0.478 e. The van der Waals surface area contributed by atoms with Gasteiger partial charge in [0.25, 0.3) is 0 Å². The van der Waals surface area contributed by atoms with Crippen LogP contribution in [0.3, 0.4) is 0 Å². The van der Waals surface area contributed by atoms with Gasteiger partial charge in [-0.25, -0.2) is 4.79 Å². The summed E-state index contributed by atoms with van der Waals surface area (Å²) in [6, 6.07) is 7.07.